The number of amides is 1. The molecular formula is C11H21NO3. The standard InChI is InChI=1S/C11H21NO3/c1-6-8(2)7-9(13)12-10(14)15-11(3,4)5/h9,13H,2,6-7H2,1,3-5H3,(H,12,14)/t9-/m0/s1. The van der Waals surface area contributed by atoms with Crippen LogP contribution in [-0.2, 0) is 4.74 Å². The number of rotatable bonds is 4. The Morgan fingerprint density at radius 1 is 1.53 bits per heavy atom. The summed E-state index contributed by atoms with van der Waals surface area (Å²) >= 11 is 0. The molecule has 0 saturated carbocycles. The van der Waals surface area contributed by atoms with Crippen molar-refractivity contribution >= 4 is 6.09 Å². The third-order valence-electron chi connectivity index (χ3n) is 1.67. The molecule has 0 aromatic heterocycles. The van der Waals surface area contributed by atoms with Gasteiger partial charge in [0.25, 0.3) is 0 Å². The summed E-state index contributed by atoms with van der Waals surface area (Å²) in [4.78, 5) is 11.2. The first-order chi connectivity index (χ1) is 6.74. The Labute approximate surface area is 91.3 Å². The first-order valence-corrected chi connectivity index (χ1v) is 5.09. The van der Waals surface area contributed by atoms with Gasteiger partial charge >= 0.3 is 6.09 Å². The van der Waals surface area contributed by atoms with Crippen LogP contribution >= 0.6 is 0 Å². The summed E-state index contributed by atoms with van der Waals surface area (Å²) in [6.07, 6.45) is -0.394. The maximum absolute atomic E-state index is 11.2. The van der Waals surface area contributed by atoms with Crippen LogP contribution in [0.2, 0.25) is 0 Å². The molecule has 2 N–H and O–H groups in total. The molecule has 0 saturated heterocycles. The minimum atomic E-state index is -0.924. The monoisotopic (exact) mass is 215 g/mol. The molecule has 0 fully saturated rings. The first kappa shape index (κ1) is 14.0. The van der Waals surface area contributed by atoms with Crippen molar-refractivity contribution in [2.45, 2.75) is 52.4 Å². The topological polar surface area (TPSA) is 58.6 Å². The third kappa shape index (κ3) is 8.00. The smallest absolute Gasteiger partial charge is 0.409 e. The average Bonchev–Trinajstić information content (AvgIpc) is 1.99. The second kappa shape index (κ2) is 5.75. The number of hydrogen-bond acceptors (Lipinski definition) is 3. The molecule has 15 heavy (non-hydrogen) atoms. The Kier molecular flexibility index (Phi) is 5.36. The van der Waals surface area contributed by atoms with E-state index in [4.69, 9.17) is 4.74 Å². The number of carbonyl (C=O) groups excluding carboxylic acids is 1. The number of alkyl carbamates (subject to hydrolysis) is 1. The number of carbonyl (C=O) groups is 1. The molecule has 4 heteroatoms. The molecule has 0 aromatic rings. The van der Waals surface area contributed by atoms with Crippen LogP contribution in [0.1, 0.15) is 40.5 Å². The minimum absolute atomic E-state index is 0.357. The van der Waals surface area contributed by atoms with E-state index in [1.807, 2.05) is 6.92 Å². The Balaban J connectivity index is 3.92. The maximum atomic E-state index is 11.2. The van der Waals surface area contributed by atoms with Crippen molar-refractivity contribution in [1.82, 2.24) is 5.32 Å². The normalized spacial score (nSPS) is 13.1. The van der Waals surface area contributed by atoms with Gasteiger partial charge in [-0.25, -0.2) is 4.79 Å². The molecular weight excluding hydrogens is 194 g/mol. The zero-order valence-corrected chi connectivity index (χ0v) is 9.96. The number of nitrogens with one attached hydrogen (secondary N) is 1. The fourth-order valence-corrected chi connectivity index (χ4v) is 0.912. The second-order valence-electron chi connectivity index (χ2n) is 4.47. The van der Waals surface area contributed by atoms with Gasteiger partial charge in [0.05, 0.1) is 0 Å². The van der Waals surface area contributed by atoms with Crippen LogP contribution < -0.4 is 5.32 Å². The van der Waals surface area contributed by atoms with Crippen molar-refractivity contribution in [1.29, 1.82) is 0 Å². The second-order valence-corrected chi connectivity index (χ2v) is 4.47. The molecule has 1 atom stereocenters. The fourth-order valence-electron chi connectivity index (χ4n) is 0.912. The van der Waals surface area contributed by atoms with Crippen molar-refractivity contribution < 1.29 is 14.6 Å². The van der Waals surface area contributed by atoms with Crippen molar-refractivity contribution in [3.63, 3.8) is 0 Å². The van der Waals surface area contributed by atoms with Crippen molar-refractivity contribution in [3.05, 3.63) is 12.2 Å². The lowest BCUT2D eigenvalue weighted by Gasteiger charge is -2.21. The lowest BCUT2D eigenvalue weighted by Crippen LogP contribution is -2.39. The highest BCUT2D eigenvalue weighted by atomic mass is 16.6. The van der Waals surface area contributed by atoms with E-state index in [9.17, 15) is 9.90 Å². The Morgan fingerprint density at radius 3 is 2.47 bits per heavy atom. The molecule has 0 aliphatic carbocycles. The molecule has 0 heterocycles. The van der Waals surface area contributed by atoms with Gasteiger partial charge in [0.1, 0.15) is 11.8 Å². The highest BCUT2D eigenvalue weighted by Crippen LogP contribution is 2.08. The van der Waals surface area contributed by atoms with Crippen LogP contribution in [0, 0.1) is 0 Å². The van der Waals surface area contributed by atoms with Crippen molar-refractivity contribution in [3.8, 4) is 0 Å². The van der Waals surface area contributed by atoms with Gasteiger partial charge in [0.15, 0.2) is 0 Å². The number of ether oxygens (including phenoxy) is 1. The van der Waals surface area contributed by atoms with Crippen LogP contribution in [-0.4, -0.2) is 23.0 Å². The number of aliphatic hydroxyl groups is 1. The quantitative estimate of drug-likeness (QED) is 0.558. The van der Waals surface area contributed by atoms with E-state index in [1.54, 1.807) is 20.8 Å². The molecule has 0 unspecified atom stereocenters. The van der Waals surface area contributed by atoms with E-state index >= 15 is 0 Å². The fraction of sp³-hybridized carbons (Fsp3) is 0.727. The van der Waals surface area contributed by atoms with E-state index in [-0.39, 0.29) is 0 Å². The lowest BCUT2D eigenvalue weighted by atomic mass is 10.1. The van der Waals surface area contributed by atoms with Crippen LogP contribution in [0.4, 0.5) is 4.79 Å². The van der Waals surface area contributed by atoms with Gasteiger partial charge in [0, 0.05) is 6.42 Å². The van der Waals surface area contributed by atoms with Gasteiger partial charge in [-0.15, -0.1) is 0 Å². The molecule has 0 aliphatic heterocycles. The summed E-state index contributed by atoms with van der Waals surface area (Å²) in [5, 5.41) is 11.8. The van der Waals surface area contributed by atoms with Crippen LogP contribution in [0.3, 0.4) is 0 Å². The Hall–Kier alpha value is -1.03. The molecule has 0 aliphatic rings. The molecule has 0 rings (SSSR count). The summed E-state index contributed by atoms with van der Waals surface area (Å²) in [5.41, 5.74) is 0.338. The van der Waals surface area contributed by atoms with Crippen LogP contribution in [0.25, 0.3) is 0 Å². The zero-order valence-electron chi connectivity index (χ0n) is 9.96. The van der Waals surface area contributed by atoms with Gasteiger partial charge < -0.3 is 9.84 Å². The van der Waals surface area contributed by atoms with Gasteiger partial charge in [-0.3, -0.25) is 5.32 Å². The number of hydrogen-bond donors (Lipinski definition) is 2. The van der Waals surface area contributed by atoms with E-state index in [2.05, 4.69) is 11.9 Å². The summed E-state index contributed by atoms with van der Waals surface area (Å²) in [6.45, 7) is 11.0. The van der Waals surface area contributed by atoms with Crippen molar-refractivity contribution in [2.75, 3.05) is 0 Å². The van der Waals surface area contributed by atoms with E-state index in [1.165, 1.54) is 0 Å². The maximum Gasteiger partial charge on any atom is 0.409 e. The largest absolute Gasteiger partial charge is 0.444 e. The summed E-state index contributed by atoms with van der Waals surface area (Å²) in [5.74, 6) is 0. The highest BCUT2D eigenvalue weighted by molar-refractivity contribution is 5.67. The van der Waals surface area contributed by atoms with Gasteiger partial charge in [0.2, 0.25) is 0 Å². The summed E-state index contributed by atoms with van der Waals surface area (Å²) < 4.78 is 4.98. The molecule has 1 amide bonds. The third-order valence-corrected chi connectivity index (χ3v) is 1.67. The summed E-state index contributed by atoms with van der Waals surface area (Å²) in [7, 11) is 0. The van der Waals surface area contributed by atoms with Gasteiger partial charge in [-0.05, 0) is 27.2 Å². The molecule has 4 nitrogen and oxygen atoms in total. The zero-order chi connectivity index (χ0) is 12.1. The average molecular weight is 215 g/mol. The van der Waals surface area contributed by atoms with E-state index in [0.717, 1.165) is 12.0 Å². The van der Waals surface area contributed by atoms with Gasteiger partial charge in [-0.2, -0.15) is 0 Å². The molecule has 0 bridgehead atoms. The molecule has 0 spiro atoms. The van der Waals surface area contributed by atoms with Crippen LogP contribution in [0.5, 0.6) is 0 Å². The number of aliphatic hydroxyl groups excluding tert-OH is 1. The SMILES string of the molecule is C=C(CC)C[C@H](O)NC(=O)OC(C)(C)C. The van der Waals surface area contributed by atoms with Gasteiger partial charge in [-0.1, -0.05) is 19.1 Å². The molecule has 0 aromatic carbocycles. The molecule has 88 valence electrons. The first-order valence-electron chi connectivity index (χ1n) is 5.09. The lowest BCUT2D eigenvalue weighted by molar-refractivity contribution is 0.0359. The summed E-state index contributed by atoms with van der Waals surface area (Å²) in [6, 6.07) is 0. The predicted octanol–water partition coefficient (Wildman–Crippen LogP) is 2.19. The predicted molar refractivity (Wildman–Crippen MR) is 59.4 cm³/mol. The van der Waals surface area contributed by atoms with Crippen LogP contribution in [0.15, 0.2) is 12.2 Å². The minimum Gasteiger partial charge on any atom is -0.444 e. The Bertz CT molecular complexity index is 230. The molecule has 0 radical (unpaired) electrons. The van der Waals surface area contributed by atoms with E-state index in [0.29, 0.717) is 6.42 Å². The highest BCUT2D eigenvalue weighted by Gasteiger charge is 2.18. The van der Waals surface area contributed by atoms with E-state index < -0.39 is 17.9 Å². The Morgan fingerprint density at radius 2 is 2.07 bits per heavy atom. The van der Waals surface area contributed by atoms with Crippen molar-refractivity contribution in [2.24, 2.45) is 0 Å².